The van der Waals surface area contributed by atoms with Gasteiger partial charge in [-0.2, -0.15) is 28.5 Å². The third kappa shape index (κ3) is 21.6. The summed E-state index contributed by atoms with van der Waals surface area (Å²) in [6.45, 7) is 34.9. The van der Waals surface area contributed by atoms with E-state index in [1.54, 1.807) is 30.1 Å². The van der Waals surface area contributed by atoms with Gasteiger partial charge < -0.3 is 46.4 Å². The SMILES string of the molecule is CCN(CC)Cc1ccc(NC(=O)Nc2ccc(-c3cc(C(C)(C)C)nc4c3cnn4C)cc2)cc1C(F)(F)F.CN1CCN(Cc2ccc(NC(=O)Nc3ccc(-c4cc(C(C)(C)C)nc5c4cnn5C)cc3)cc2)CC1.COc1cc(NC(=O)Nc2ccc(-c3cc(C(C)(C)C)nc4c3cnn4C)cc2)ccc1CN1CCN(C)CC1. The summed E-state index contributed by atoms with van der Waals surface area (Å²) in [6.07, 6.45) is 0.965. The second-order valence-electron chi connectivity index (χ2n) is 33.6. The summed E-state index contributed by atoms with van der Waals surface area (Å²) >= 11 is 0. The van der Waals surface area contributed by atoms with Crippen LogP contribution in [0.2, 0.25) is 0 Å². The number of urea groups is 3. The number of aromatic nitrogens is 9. The number of rotatable bonds is 18. The number of pyridine rings is 3. The fourth-order valence-electron chi connectivity index (χ4n) is 14.2. The molecule has 2 fully saturated rings. The van der Waals surface area contributed by atoms with Gasteiger partial charge in [-0.3, -0.25) is 28.7 Å². The first-order valence-corrected chi connectivity index (χ1v) is 40.1. The van der Waals surface area contributed by atoms with E-state index in [9.17, 15) is 27.6 Å². The van der Waals surface area contributed by atoms with Crippen LogP contribution in [0.15, 0.2) is 170 Å². The Hall–Kier alpha value is -11.6. The fraction of sp³-hybridized carbons (Fsp3) is 0.374. The number of methoxy groups -OCH3 is 1. The third-order valence-electron chi connectivity index (χ3n) is 21.5. The minimum Gasteiger partial charge on any atom is -0.496 e. The van der Waals surface area contributed by atoms with Crippen molar-refractivity contribution in [3.05, 3.63) is 210 Å². The van der Waals surface area contributed by atoms with E-state index >= 15 is 0 Å². The van der Waals surface area contributed by atoms with E-state index in [0.29, 0.717) is 30.2 Å². The molecule has 2 saturated heterocycles. The molecule has 12 aromatic rings. The number of hydrogen-bond acceptors (Lipinski definition) is 15. The van der Waals surface area contributed by atoms with Gasteiger partial charge in [-0.15, -0.1) is 0 Å². The number of likely N-dealkylation sites (N-methyl/N-ethyl adjacent to an activating group) is 2. The summed E-state index contributed by atoms with van der Waals surface area (Å²) in [6, 6.07) is 46.0. The number of piperazine rings is 2. The molecule has 2 aliphatic rings. The molecule has 6 aromatic carbocycles. The predicted molar refractivity (Wildman–Crippen MR) is 469 cm³/mol. The number of aryl methyl sites for hydroxylation is 3. The number of alkyl halides is 3. The van der Waals surface area contributed by atoms with Crippen LogP contribution in [-0.4, -0.2) is 174 Å². The zero-order valence-corrected chi connectivity index (χ0v) is 70.9. The molecule has 0 aliphatic carbocycles. The maximum absolute atomic E-state index is 13.8. The smallest absolute Gasteiger partial charge is 0.416 e. The lowest BCUT2D eigenvalue weighted by Gasteiger charge is -2.32. The molecule has 0 radical (unpaired) electrons. The molecule has 620 valence electrons. The van der Waals surface area contributed by atoms with Crippen molar-refractivity contribution in [3.8, 4) is 39.1 Å². The number of ether oxygens (including phenoxy) is 1. The van der Waals surface area contributed by atoms with Crippen LogP contribution in [-0.2, 0) is 63.2 Å². The summed E-state index contributed by atoms with van der Waals surface area (Å²) in [5.74, 6) is 0.773. The monoisotopic (exact) mass is 1600 g/mol. The first-order valence-electron chi connectivity index (χ1n) is 40.1. The molecular weight excluding hydrogens is 1490 g/mol. The number of amides is 6. The number of carbonyl (C=O) groups is 3. The molecule has 14 rings (SSSR count). The van der Waals surface area contributed by atoms with Crippen molar-refractivity contribution in [3.63, 3.8) is 0 Å². The normalized spacial score (nSPS) is 14.0. The van der Waals surface area contributed by atoms with E-state index in [-0.39, 0.29) is 46.1 Å². The van der Waals surface area contributed by atoms with Gasteiger partial charge in [0.1, 0.15) is 5.75 Å². The fourth-order valence-corrected chi connectivity index (χ4v) is 14.2. The van der Waals surface area contributed by atoms with E-state index < -0.39 is 17.8 Å². The Morgan fingerprint density at radius 1 is 0.407 bits per heavy atom. The summed E-state index contributed by atoms with van der Waals surface area (Å²) < 4.78 is 52.4. The van der Waals surface area contributed by atoms with Crippen LogP contribution >= 0.6 is 0 Å². The van der Waals surface area contributed by atoms with Gasteiger partial charge >= 0.3 is 24.3 Å². The molecule has 0 atom stereocenters. The molecule has 6 amide bonds. The van der Waals surface area contributed by atoms with Crippen LogP contribution in [0.3, 0.4) is 0 Å². The number of anilines is 6. The number of carbonyl (C=O) groups excluding carboxylic acids is 3. The first-order chi connectivity index (χ1) is 56.0. The van der Waals surface area contributed by atoms with Gasteiger partial charge in [0.2, 0.25) is 0 Å². The van der Waals surface area contributed by atoms with Crippen molar-refractivity contribution in [1.82, 2.24) is 68.8 Å². The van der Waals surface area contributed by atoms with Crippen LogP contribution in [0.5, 0.6) is 5.75 Å². The molecule has 0 saturated carbocycles. The van der Waals surface area contributed by atoms with Gasteiger partial charge in [-0.1, -0.05) is 137 Å². The molecule has 6 aromatic heterocycles. The summed E-state index contributed by atoms with van der Waals surface area (Å²) in [5, 5.41) is 33.1. The number of nitrogens with zero attached hydrogens (tertiary/aromatic N) is 14. The Labute approximate surface area is 689 Å². The Bertz CT molecular complexity index is 5490. The quantitative estimate of drug-likeness (QED) is 0.0468. The molecule has 0 bridgehead atoms. The Kier molecular flexibility index (Phi) is 26.5. The molecule has 24 nitrogen and oxygen atoms in total. The molecule has 0 unspecified atom stereocenters. The average Bonchev–Trinajstić information content (AvgIpc) is 1.61. The number of benzene rings is 6. The molecule has 8 heterocycles. The lowest BCUT2D eigenvalue weighted by atomic mass is 9.89. The van der Waals surface area contributed by atoms with E-state index in [4.69, 9.17) is 19.7 Å². The molecule has 2 aliphatic heterocycles. The van der Waals surface area contributed by atoms with Gasteiger partial charge in [0.05, 0.1) is 31.3 Å². The second kappa shape index (κ2) is 36.5. The predicted octanol–water partition coefficient (Wildman–Crippen LogP) is 18.1. The van der Waals surface area contributed by atoms with Gasteiger partial charge in [-0.05, 0) is 157 Å². The Balaban J connectivity index is 0.000000163. The van der Waals surface area contributed by atoms with E-state index in [2.05, 4.69) is 174 Å². The highest BCUT2D eigenvalue weighted by atomic mass is 19.4. The molecule has 0 spiro atoms. The van der Waals surface area contributed by atoms with Gasteiger partial charge in [0.15, 0.2) is 16.9 Å². The van der Waals surface area contributed by atoms with Crippen molar-refractivity contribution in [2.24, 2.45) is 21.1 Å². The summed E-state index contributed by atoms with van der Waals surface area (Å²) in [5.41, 5.74) is 16.5. The van der Waals surface area contributed by atoms with Crippen LogP contribution in [0.25, 0.3) is 66.5 Å². The number of hydrogen-bond donors (Lipinski definition) is 6. The molecule has 27 heteroatoms. The third-order valence-corrected chi connectivity index (χ3v) is 21.5. The molecule has 6 N–H and O–H groups in total. The van der Waals surface area contributed by atoms with E-state index in [1.807, 2.05) is 153 Å². The molecular formula is C91H111F3N20O4. The van der Waals surface area contributed by atoms with Crippen molar-refractivity contribution in [1.29, 1.82) is 0 Å². The van der Waals surface area contributed by atoms with Crippen molar-refractivity contribution < 1.29 is 32.3 Å². The maximum Gasteiger partial charge on any atom is 0.416 e. The standard InChI is InChI=1S/C31H39N7O2.C30H35F3N6O.C30H37N7O/c1-31(2,3)28-18-25(26-19-32-37(5)29(26)35-28)21-7-10-23(11-8-21)33-30(39)34-24-12-9-22(27(17-24)40-6)20-38-15-13-36(4)14-16-38;1-7-39(8-2)18-20-11-14-22(15-25(20)30(31,32)33)36-28(40)35-21-12-9-19(10-13-21)23-16-26(29(3,4)5)37-27-24(23)17-34-38(27)6;1-30(2,3)27-18-25(26-19-31-36(5)28(26)34-27)22-8-12-24(13-9-22)33-29(38)32-23-10-6-21(7-11-23)20-37-16-14-35(4)15-17-37/h7-12,17-19H,13-16,20H2,1-6H3,(H2,33,34,39);9-17H,7-8,18H2,1-6H3,(H2,35,36,40);6-13,18-19H,14-17,20H2,1-5H3,(H2,32,33,38). The second-order valence-corrected chi connectivity index (χ2v) is 33.6. The zero-order chi connectivity index (χ0) is 84.5. The van der Waals surface area contributed by atoms with Crippen molar-refractivity contribution in [2.75, 3.05) is 119 Å². The van der Waals surface area contributed by atoms with Gasteiger partial charge in [0.25, 0.3) is 0 Å². The lowest BCUT2D eigenvalue weighted by molar-refractivity contribution is -0.138. The summed E-state index contributed by atoms with van der Waals surface area (Å²) in [7, 11) is 11.7. The molecule has 118 heavy (non-hydrogen) atoms. The number of fused-ring (bicyclic) bond motifs is 3. The first kappa shape index (κ1) is 85.7. The Morgan fingerprint density at radius 3 is 1.05 bits per heavy atom. The van der Waals surface area contributed by atoms with Crippen LogP contribution < -0.4 is 36.6 Å². The van der Waals surface area contributed by atoms with Crippen LogP contribution in [0.4, 0.5) is 61.7 Å². The van der Waals surface area contributed by atoms with Crippen molar-refractivity contribution >= 4 is 85.3 Å². The summed E-state index contributed by atoms with van der Waals surface area (Å²) in [4.78, 5) is 64.1. The maximum atomic E-state index is 13.8. The van der Waals surface area contributed by atoms with Crippen LogP contribution in [0, 0.1) is 0 Å². The van der Waals surface area contributed by atoms with E-state index in [1.165, 1.54) is 17.7 Å². The topological polar surface area (TPSA) is 241 Å². The zero-order valence-electron chi connectivity index (χ0n) is 70.9. The Morgan fingerprint density at radius 2 is 0.720 bits per heavy atom. The number of halogens is 3. The van der Waals surface area contributed by atoms with E-state index in [0.717, 1.165) is 178 Å². The minimum absolute atomic E-state index is 0.0650. The number of nitrogens with one attached hydrogen (secondary N) is 6. The average molecular weight is 1610 g/mol. The highest BCUT2D eigenvalue weighted by molar-refractivity contribution is 6.03. The lowest BCUT2D eigenvalue weighted by Crippen LogP contribution is -2.43. The van der Waals surface area contributed by atoms with Gasteiger partial charge in [-0.25, -0.2) is 29.3 Å². The van der Waals surface area contributed by atoms with Crippen molar-refractivity contribution in [2.45, 2.75) is 118 Å². The highest BCUT2D eigenvalue weighted by Crippen LogP contribution is 2.39. The highest BCUT2D eigenvalue weighted by Gasteiger charge is 2.35. The largest absolute Gasteiger partial charge is 0.496 e. The minimum atomic E-state index is -4.54. The van der Waals surface area contributed by atoms with Crippen LogP contribution in [0.1, 0.15) is 115 Å². The van der Waals surface area contributed by atoms with Gasteiger partial charge in [0, 0.05) is 188 Å².